The average molecular weight is 430 g/mol. The van der Waals surface area contributed by atoms with Gasteiger partial charge in [0.2, 0.25) is 0 Å². The summed E-state index contributed by atoms with van der Waals surface area (Å²) < 4.78 is 32.9. The monoisotopic (exact) mass is 428 g/mol. The van der Waals surface area contributed by atoms with Crippen molar-refractivity contribution in [1.82, 2.24) is 9.55 Å². The Morgan fingerprint density at radius 2 is 2.12 bits per heavy atom. The first-order valence-electron chi connectivity index (χ1n) is 7.54. The summed E-state index contributed by atoms with van der Waals surface area (Å²) >= 11 is 9.73. The molecule has 0 saturated heterocycles. The molecule has 2 aromatic carbocycles. The van der Waals surface area contributed by atoms with E-state index in [9.17, 15) is 13.9 Å². The number of halogens is 4. The van der Waals surface area contributed by atoms with E-state index in [1.54, 1.807) is 12.1 Å². The molecule has 1 aliphatic rings. The number of ether oxygens (including phenoxy) is 1. The van der Waals surface area contributed by atoms with Crippen LogP contribution in [-0.4, -0.2) is 21.3 Å². The third kappa shape index (κ3) is 2.80. The molecule has 0 spiro atoms. The van der Waals surface area contributed by atoms with E-state index in [1.165, 1.54) is 6.07 Å². The molecule has 1 aromatic heterocycles. The first-order valence-corrected chi connectivity index (χ1v) is 8.71. The number of nitrogens with zero attached hydrogens (tertiary/aromatic N) is 2. The molecule has 2 heterocycles. The minimum Gasteiger partial charge on any atom is -0.434 e. The molecule has 8 heteroatoms. The van der Waals surface area contributed by atoms with Crippen LogP contribution in [0.3, 0.4) is 0 Å². The Balaban J connectivity index is 1.93. The van der Waals surface area contributed by atoms with Crippen molar-refractivity contribution in [3.63, 3.8) is 0 Å². The van der Waals surface area contributed by atoms with Crippen LogP contribution in [-0.2, 0) is 0 Å². The van der Waals surface area contributed by atoms with E-state index >= 15 is 0 Å². The molecule has 2 atom stereocenters. The summed E-state index contributed by atoms with van der Waals surface area (Å²) in [5.41, 5.74) is 1.92. The van der Waals surface area contributed by atoms with Crippen LogP contribution in [0.15, 0.2) is 40.9 Å². The van der Waals surface area contributed by atoms with Gasteiger partial charge >= 0.3 is 6.61 Å². The van der Waals surface area contributed by atoms with E-state index < -0.39 is 18.8 Å². The topological polar surface area (TPSA) is 47.3 Å². The van der Waals surface area contributed by atoms with Crippen LogP contribution in [0.2, 0.25) is 5.02 Å². The Morgan fingerprint density at radius 3 is 2.88 bits per heavy atom. The number of aliphatic hydroxyl groups excluding tert-OH is 1. The summed E-state index contributed by atoms with van der Waals surface area (Å²) in [5, 5.41) is 10.7. The average Bonchev–Trinajstić information content (AvgIpc) is 3.05. The van der Waals surface area contributed by atoms with Crippen molar-refractivity contribution in [3.8, 4) is 5.75 Å². The lowest BCUT2D eigenvalue weighted by atomic mass is 10.0. The Hall–Kier alpha value is -1.70. The number of rotatable bonds is 3. The van der Waals surface area contributed by atoms with Crippen LogP contribution in [0.4, 0.5) is 8.78 Å². The van der Waals surface area contributed by atoms with Crippen LogP contribution < -0.4 is 4.74 Å². The number of hydrogen-bond donors (Lipinski definition) is 1. The van der Waals surface area contributed by atoms with Crippen molar-refractivity contribution >= 4 is 38.6 Å². The molecule has 25 heavy (non-hydrogen) atoms. The molecule has 4 nitrogen and oxygen atoms in total. The number of aliphatic hydroxyl groups is 1. The lowest BCUT2D eigenvalue weighted by Crippen LogP contribution is -2.11. The second kappa shape index (κ2) is 6.23. The fourth-order valence-electron chi connectivity index (χ4n) is 3.36. The third-order valence-corrected chi connectivity index (χ3v) is 5.12. The van der Waals surface area contributed by atoms with E-state index in [0.717, 1.165) is 9.99 Å². The van der Waals surface area contributed by atoms with Gasteiger partial charge in [0.25, 0.3) is 0 Å². The lowest BCUT2D eigenvalue weighted by molar-refractivity contribution is -0.0507. The molecular formula is C17H12BrClF2N2O2. The molecule has 3 aromatic rings. The summed E-state index contributed by atoms with van der Waals surface area (Å²) in [6.07, 6.45) is -0.527. The minimum absolute atomic E-state index is 0.00407. The van der Waals surface area contributed by atoms with Gasteiger partial charge in [-0.2, -0.15) is 8.78 Å². The molecule has 4 rings (SSSR count). The molecule has 0 fully saturated rings. The van der Waals surface area contributed by atoms with E-state index in [0.29, 0.717) is 21.9 Å². The van der Waals surface area contributed by atoms with Gasteiger partial charge in [-0.3, -0.25) is 0 Å². The summed E-state index contributed by atoms with van der Waals surface area (Å²) in [6, 6.07) is 9.73. The maximum absolute atomic E-state index is 12.8. The van der Waals surface area contributed by atoms with Gasteiger partial charge < -0.3 is 14.4 Å². The van der Waals surface area contributed by atoms with Gasteiger partial charge in [-0.15, -0.1) is 0 Å². The van der Waals surface area contributed by atoms with E-state index in [1.807, 2.05) is 22.8 Å². The molecule has 0 saturated carbocycles. The summed E-state index contributed by atoms with van der Waals surface area (Å²) in [5.74, 6) is 0.491. The highest BCUT2D eigenvalue weighted by molar-refractivity contribution is 9.10. The molecule has 0 radical (unpaired) electrons. The van der Waals surface area contributed by atoms with Crippen LogP contribution in [0.1, 0.15) is 30.0 Å². The summed E-state index contributed by atoms with van der Waals surface area (Å²) in [7, 11) is 0. The Labute approximate surface area is 155 Å². The number of fused-ring (bicyclic) bond motifs is 3. The zero-order chi connectivity index (χ0) is 17.7. The Morgan fingerprint density at radius 1 is 1.32 bits per heavy atom. The van der Waals surface area contributed by atoms with Gasteiger partial charge in [0.1, 0.15) is 17.7 Å². The summed E-state index contributed by atoms with van der Waals surface area (Å²) in [6.45, 7) is -2.96. The van der Waals surface area contributed by atoms with Gasteiger partial charge in [-0.25, -0.2) is 4.98 Å². The SMILES string of the molecule is O[C@@H]1C[C@@H](c2c(Cl)cccc2OC(F)F)n2c1nc1ccc(Br)cc12. The van der Waals surface area contributed by atoms with E-state index in [4.69, 9.17) is 11.6 Å². The van der Waals surface area contributed by atoms with Crippen molar-refractivity contribution in [1.29, 1.82) is 0 Å². The molecule has 130 valence electrons. The molecule has 0 amide bonds. The fourth-order valence-corrected chi connectivity index (χ4v) is 4.00. The van der Waals surface area contributed by atoms with Gasteiger partial charge in [-0.05, 0) is 30.3 Å². The number of benzene rings is 2. The Bertz CT molecular complexity index is 963. The van der Waals surface area contributed by atoms with Gasteiger partial charge in [-0.1, -0.05) is 33.6 Å². The lowest BCUT2D eigenvalue weighted by Gasteiger charge is -2.20. The molecule has 1 N–H and O–H groups in total. The molecule has 0 unspecified atom stereocenters. The number of aromatic nitrogens is 2. The standard InChI is InChI=1S/C17H12BrClF2N2O2/c18-8-4-5-10-11(6-8)23-12(7-13(24)16(23)22-10)15-9(19)2-1-3-14(15)25-17(20)21/h1-6,12-13,17,24H,7H2/t12-,13+/m0/s1. The molecule has 1 aliphatic heterocycles. The second-order valence-corrected chi connectivity index (χ2v) is 7.09. The zero-order valence-electron chi connectivity index (χ0n) is 12.7. The van der Waals surface area contributed by atoms with Gasteiger partial charge in [0.15, 0.2) is 0 Å². The largest absolute Gasteiger partial charge is 0.434 e. The molecular weight excluding hydrogens is 418 g/mol. The highest BCUT2D eigenvalue weighted by Gasteiger charge is 2.36. The van der Waals surface area contributed by atoms with Gasteiger partial charge in [0, 0.05) is 21.5 Å². The number of alkyl halides is 2. The van der Waals surface area contributed by atoms with Crippen LogP contribution in [0, 0.1) is 0 Å². The fraction of sp³-hybridized carbons (Fsp3) is 0.235. The van der Waals surface area contributed by atoms with Crippen LogP contribution in [0.25, 0.3) is 11.0 Å². The maximum Gasteiger partial charge on any atom is 0.387 e. The summed E-state index contributed by atoms with van der Waals surface area (Å²) in [4.78, 5) is 4.47. The predicted octanol–water partition coefficient (Wildman–Crippen LogP) is 5.08. The minimum atomic E-state index is -2.96. The smallest absolute Gasteiger partial charge is 0.387 e. The number of imidazole rings is 1. The Kier molecular flexibility index (Phi) is 4.17. The van der Waals surface area contributed by atoms with Crippen LogP contribution in [0.5, 0.6) is 5.75 Å². The maximum atomic E-state index is 12.8. The van der Waals surface area contributed by atoms with Crippen molar-refractivity contribution in [2.24, 2.45) is 0 Å². The van der Waals surface area contributed by atoms with Crippen molar-refractivity contribution in [2.75, 3.05) is 0 Å². The quantitative estimate of drug-likeness (QED) is 0.631. The highest BCUT2D eigenvalue weighted by atomic mass is 79.9. The third-order valence-electron chi connectivity index (χ3n) is 4.30. The highest BCUT2D eigenvalue weighted by Crippen LogP contribution is 2.46. The first-order chi connectivity index (χ1) is 12.0. The van der Waals surface area contributed by atoms with E-state index in [-0.39, 0.29) is 12.2 Å². The van der Waals surface area contributed by atoms with E-state index in [2.05, 4.69) is 25.7 Å². The van der Waals surface area contributed by atoms with Crippen molar-refractivity contribution < 1.29 is 18.6 Å². The predicted molar refractivity (Wildman–Crippen MR) is 93.2 cm³/mol. The van der Waals surface area contributed by atoms with Gasteiger partial charge in [0.05, 0.1) is 17.1 Å². The normalized spacial score (nSPS) is 19.6. The van der Waals surface area contributed by atoms with Crippen LogP contribution >= 0.6 is 27.5 Å². The first kappa shape index (κ1) is 16.8. The molecule has 0 aliphatic carbocycles. The number of hydrogen-bond acceptors (Lipinski definition) is 3. The molecule has 0 bridgehead atoms. The van der Waals surface area contributed by atoms with Crippen molar-refractivity contribution in [3.05, 3.63) is 57.3 Å². The second-order valence-electron chi connectivity index (χ2n) is 5.77. The zero-order valence-corrected chi connectivity index (χ0v) is 15.0. The van der Waals surface area contributed by atoms with Crippen molar-refractivity contribution in [2.45, 2.75) is 25.2 Å².